The molecule has 1 amide bonds. The first kappa shape index (κ1) is 20.7. The molecule has 152 valence electrons. The summed E-state index contributed by atoms with van der Waals surface area (Å²) in [4.78, 5) is 11.9. The van der Waals surface area contributed by atoms with Gasteiger partial charge in [0.1, 0.15) is 4.21 Å². The number of nitrogens with one attached hydrogen (secondary N) is 3. The minimum absolute atomic E-state index is 0.115. The maximum Gasteiger partial charge on any atom is 0.271 e. The molecule has 0 radical (unpaired) electrons. The summed E-state index contributed by atoms with van der Waals surface area (Å²) in [5.41, 5.74) is 4.82. The van der Waals surface area contributed by atoms with Gasteiger partial charge in [-0.1, -0.05) is 18.2 Å². The van der Waals surface area contributed by atoms with Crippen molar-refractivity contribution in [1.82, 2.24) is 5.43 Å². The van der Waals surface area contributed by atoms with Crippen LogP contribution in [0.5, 0.6) is 0 Å². The highest BCUT2D eigenvalue weighted by atomic mass is 32.2. The molecule has 6 nitrogen and oxygen atoms in total. The highest BCUT2D eigenvalue weighted by Gasteiger charge is 2.16. The highest BCUT2D eigenvalue weighted by molar-refractivity contribution is 7.94. The van der Waals surface area contributed by atoms with Crippen molar-refractivity contribution in [3.05, 3.63) is 76.9 Å². The first-order chi connectivity index (χ1) is 13.8. The average Bonchev–Trinajstić information content (AvgIpc) is 3.23. The van der Waals surface area contributed by atoms with Crippen molar-refractivity contribution in [1.29, 1.82) is 0 Å². The van der Waals surface area contributed by atoms with Crippen LogP contribution in [0.25, 0.3) is 0 Å². The lowest BCUT2D eigenvalue weighted by Gasteiger charge is -2.10. The number of hydrogen-bond acceptors (Lipinski definition) is 5. The molecule has 3 aromatic rings. The zero-order chi connectivity index (χ0) is 21.0. The van der Waals surface area contributed by atoms with Crippen LogP contribution in [-0.4, -0.2) is 14.3 Å². The van der Waals surface area contributed by atoms with Crippen molar-refractivity contribution in [2.45, 2.75) is 10.6 Å². The van der Waals surface area contributed by atoms with Gasteiger partial charge in [0.25, 0.3) is 10.0 Å². The Bertz CT molecular complexity index is 1120. The smallest absolute Gasteiger partial charge is 0.271 e. The van der Waals surface area contributed by atoms with Crippen LogP contribution < -0.4 is 15.6 Å². The fraction of sp³-hybridized carbons (Fsp3) is 0.0556. The van der Waals surface area contributed by atoms with Crippen molar-refractivity contribution >= 4 is 38.6 Å². The summed E-state index contributed by atoms with van der Waals surface area (Å²) in [5.74, 6) is -5.01. The third kappa shape index (κ3) is 5.06. The first-order valence-electron chi connectivity index (χ1n) is 8.10. The van der Waals surface area contributed by atoms with Gasteiger partial charge in [0.15, 0.2) is 17.5 Å². The molecule has 3 N–H and O–H groups in total. The Morgan fingerprint density at radius 3 is 2.34 bits per heavy atom. The van der Waals surface area contributed by atoms with E-state index >= 15 is 0 Å². The molecule has 0 unspecified atom stereocenters. The Morgan fingerprint density at radius 1 is 0.966 bits per heavy atom. The Kier molecular flexibility index (Phi) is 6.09. The first-order valence-corrected chi connectivity index (χ1v) is 10.5. The van der Waals surface area contributed by atoms with E-state index in [0.29, 0.717) is 11.3 Å². The van der Waals surface area contributed by atoms with E-state index in [2.05, 4.69) is 15.6 Å². The van der Waals surface area contributed by atoms with Crippen LogP contribution in [0.3, 0.4) is 0 Å². The van der Waals surface area contributed by atoms with Gasteiger partial charge in [0, 0.05) is 5.69 Å². The van der Waals surface area contributed by atoms with E-state index in [1.54, 1.807) is 23.6 Å². The molecule has 0 saturated carbocycles. The summed E-state index contributed by atoms with van der Waals surface area (Å²) in [6, 6.07) is 10.9. The van der Waals surface area contributed by atoms with Crippen molar-refractivity contribution < 1.29 is 26.4 Å². The number of carbonyl (C=O) groups is 1. The number of halogens is 3. The summed E-state index contributed by atoms with van der Waals surface area (Å²) in [7, 11) is -3.67. The van der Waals surface area contributed by atoms with E-state index in [0.717, 1.165) is 23.5 Å². The zero-order valence-electron chi connectivity index (χ0n) is 14.6. The predicted molar refractivity (Wildman–Crippen MR) is 103 cm³/mol. The van der Waals surface area contributed by atoms with Gasteiger partial charge in [-0.2, -0.15) is 0 Å². The minimum Gasteiger partial charge on any atom is -0.296 e. The van der Waals surface area contributed by atoms with Gasteiger partial charge in [-0.05, 0) is 41.3 Å². The molecule has 11 heteroatoms. The second kappa shape index (κ2) is 8.53. The molecule has 3 rings (SSSR count). The summed E-state index contributed by atoms with van der Waals surface area (Å²) in [6.07, 6.45) is -0.115. The van der Waals surface area contributed by atoms with Crippen molar-refractivity contribution in [3.8, 4) is 0 Å². The number of carbonyl (C=O) groups excluding carboxylic acids is 1. The Balaban J connectivity index is 1.57. The Labute approximate surface area is 168 Å². The largest absolute Gasteiger partial charge is 0.296 e. The van der Waals surface area contributed by atoms with Crippen molar-refractivity contribution in [3.63, 3.8) is 0 Å². The van der Waals surface area contributed by atoms with E-state index in [4.69, 9.17) is 0 Å². The Morgan fingerprint density at radius 2 is 1.69 bits per heavy atom. The second-order valence-electron chi connectivity index (χ2n) is 5.81. The lowest BCUT2D eigenvalue weighted by atomic mass is 10.1. The number of hydrogen-bond donors (Lipinski definition) is 3. The molecule has 0 fully saturated rings. The third-order valence-electron chi connectivity index (χ3n) is 3.70. The van der Waals surface area contributed by atoms with Crippen LogP contribution in [0.2, 0.25) is 0 Å². The number of benzene rings is 2. The van der Waals surface area contributed by atoms with Gasteiger partial charge in [0.2, 0.25) is 5.91 Å². The number of amides is 1. The zero-order valence-corrected chi connectivity index (χ0v) is 16.2. The monoisotopic (exact) mass is 441 g/mol. The SMILES string of the molecule is O=C(Cc1ccc(NS(=O)(=O)c2cccs2)cc1)NNc1ccc(F)c(F)c1F. The Hall–Kier alpha value is -3.05. The fourth-order valence-corrected chi connectivity index (χ4v) is 4.35. The summed E-state index contributed by atoms with van der Waals surface area (Å²) in [5, 5.41) is 1.65. The molecular formula is C18H14F3N3O3S2. The average molecular weight is 441 g/mol. The van der Waals surface area contributed by atoms with Crippen LogP contribution in [-0.2, 0) is 21.2 Å². The van der Waals surface area contributed by atoms with Gasteiger partial charge in [-0.25, -0.2) is 21.6 Å². The van der Waals surface area contributed by atoms with Crippen LogP contribution in [0.1, 0.15) is 5.56 Å². The van der Waals surface area contributed by atoms with Crippen LogP contribution >= 0.6 is 11.3 Å². The number of anilines is 2. The molecule has 29 heavy (non-hydrogen) atoms. The van der Waals surface area contributed by atoms with E-state index in [1.807, 2.05) is 0 Å². The third-order valence-corrected chi connectivity index (χ3v) is 6.48. The summed E-state index contributed by atoms with van der Waals surface area (Å²) >= 11 is 1.09. The molecule has 2 aromatic carbocycles. The molecule has 0 atom stereocenters. The number of thiophene rings is 1. The molecule has 0 saturated heterocycles. The summed E-state index contributed by atoms with van der Waals surface area (Å²) < 4.78 is 66.5. The standard InChI is InChI=1S/C18H14F3N3O3S2/c19-13-7-8-14(18(21)17(13)20)22-23-15(25)10-11-3-5-12(6-4-11)24-29(26,27)16-2-1-9-28-16/h1-9,22,24H,10H2,(H,23,25). The van der Waals surface area contributed by atoms with Crippen molar-refractivity contribution in [2.75, 3.05) is 10.1 Å². The quantitative estimate of drug-likeness (QED) is 0.386. The molecule has 0 bridgehead atoms. The lowest BCUT2D eigenvalue weighted by Crippen LogP contribution is -2.31. The van der Waals surface area contributed by atoms with Crippen molar-refractivity contribution in [2.24, 2.45) is 0 Å². The number of hydrazine groups is 1. The van der Waals surface area contributed by atoms with Gasteiger partial charge < -0.3 is 0 Å². The lowest BCUT2D eigenvalue weighted by molar-refractivity contribution is -0.119. The van der Waals surface area contributed by atoms with Gasteiger partial charge in [-0.15, -0.1) is 11.3 Å². The van der Waals surface area contributed by atoms with E-state index in [9.17, 15) is 26.4 Å². The van der Waals surface area contributed by atoms with Gasteiger partial charge in [0.05, 0.1) is 12.1 Å². The molecule has 0 aliphatic carbocycles. The van der Waals surface area contributed by atoms with E-state index in [1.165, 1.54) is 18.2 Å². The molecule has 1 aromatic heterocycles. The van der Waals surface area contributed by atoms with E-state index in [-0.39, 0.29) is 10.6 Å². The molecule has 0 aliphatic rings. The molecular weight excluding hydrogens is 427 g/mol. The second-order valence-corrected chi connectivity index (χ2v) is 8.66. The van der Waals surface area contributed by atoms with Crippen LogP contribution in [0.15, 0.2) is 58.1 Å². The predicted octanol–water partition coefficient (Wildman–Crippen LogP) is 3.65. The minimum atomic E-state index is -3.67. The van der Waals surface area contributed by atoms with Crippen LogP contribution in [0.4, 0.5) is 24.5 Å². The number of sulfonamides is 1. The topological polar surface area (TPSA) is 87.3 Å². The highest BCUT2D eigenvalue weighted by Crippen LogP contribution is 2.21. The number of rotatable bonds is 7. The fourth-order valence-electron chi connectivity index (χ4n) is 2.30. The summed E-state index contributed by atoms with van der Waals surface area (Å²) in [6.45, 7) is 0. The van der Waals surface area contributed by atoms with Gasteiger partial charge in [-0.3, -0.25) is 20.4 Å². The van der Waals surface area contributed by atoms with E-state index < -0.39 is 39.1 Å². The molecule has 0 aliphatic heterocycles. The van der Waals surface area contributed by atoms with Crippen LogP contribution in [0, 0.1) is 17.5 Å². The molecule has 0 spiro atoms. The maximum absolute atomic E-state index is 13.5. The molecule has 1 heterocycles. The maximum atomic E-state index is 13.5. The van der Waals surface area contributed by atoms with Gasteiger partial charge >= 0.3 is 0 Å². The normalized spacial score (nSPS) is 11.1.